The van der Waals surface area contributed by atoms with Gasteiger partial charge >= 0.3 is 6.92 Å². The summed E-state index contributed by atoms with van der Waals surface area (Å²) in [5, 5.41) is 5.42. The lowest BCUT2D eigenvalue weighted by molar-refractivity contribution is 0.479. The summed E-state index contributed by atoms with van der Waals surface area (Å²) in [7, 11) is -2.67. The molecule has 7 aromatic rings. The fourth-order valence-electron chi connectivity index (χ4n) is 7.47. The summed E-state index contributed by atoms with van der Waals surface area (Å²) in [6, 6.07) is 63.6. The van der Waals surface area contributed by atoms with Crippen LogP contribution >= 0.6 is 0 Å². The third-order valence-electron chi connectivity index (χ3n) is 9.50. The van der Waals surface area contributed by atoms with Crippen molar-refractivity contribution in [3.63, 3.8) is 0 Å². The van der Waals surface area contributed by atoms with E-state index in [1.807, 2.05) is 18.2 Å². The third kappa shape index (κ3) is 4.11. The molecule has 0 saturated carbocycles. The van der Waals surface area contributed by atoms with Gasteiger partial charge in [-0.2, -0.15) is 0 Å². The van der Waals surface area contributed by atoms with Gasteiger partial charge in [0.1, 0.15) is 17.2 Å². The molecule has 2 heterocycles. The van der Waals surface area contributed by atoms with Crippen LogP contribution in [0.4, 0.5) is 0 Å². The molecule has 7 aromatic carbocycles. The number of fused-ring (bicyclic) bond motifs is 4. The fourth-order valence-corrected chi connectivity index (χ4v) is 12.3. The van der Waals surface area contributed by atoms with Crippen LogP contribution in [0.3, 0.4) is 0 Å². The van der Waals surface area contributed by atoms with Crippen molar-refractivity contribution in [2.45, 2.75) is 0 Å². The molecule has 0 aliphatic carbocycles. The molecule has 0 aromatic heterocycles. The molecule has 0 amide bonds. The highest BCUT2D eigenvalue weighted by Gasteiger charge is 2.43. The summed E-state index contributed by atoms with van der Waals surface area (Å²) in [6.45, 7) is -0.209. The number of ether oxygens (including phenoxy) is 1. The minimum atomic E-state index is -2.67. The smallest absolute Gasteiger partial charge is 0.434 e. The Kier molecular flexibility index (Phi) is 6.29. The quantitative estimate of drug-likeness (QED) is 0.177. The van der Waals surface area contributed by atoms with Gasteiger partial charge in [0, 0.05) is 16.5 Å². The Morgan fingerprint density at radius 2 is 0.957 bits per heavy atom. The number of rotatable bonds is 5. The van der Waals surface area contributed by atoms with E-state index in [9.17, 15) is 0 Å². The van der Waals surface area contributed by atoms with Crippen LogP contribution in [0, 0.1) is 0 Å². The van der Waals surface area contributed by atoms with Crippen molar-refractivity contribution in [2.75, 3.05) is 0 Å². The normalized spacial score (nSPS) is 12.7. The Labute approximate surface area is 270 Å². The molecule has 0 radical (unpaired) electrons. The van der Waals surface area contributed by atoms with E-state index in [2.05, 4.69) is 158 Å². The van der Waals surface area contributed by atoms with Crippen LogP contribution in [0.25, 0.3) is 22.3 Å². The molecule has 0 fully saturated rings. The SMILES string of the molecule is c1ccc([Si](c2ccccc2)(c2ccccc2)c2cccc(-c3cc4c5c(c3)-c3ccccc3OB5c3ccccc3O4)c2)cc1. The molecule has 2 aliphatic heterocycles. The Morgan fingerprint density at radius 1 is 0.391 bits per heavy atom. The molecule has 2 nitrogen and oxygen atoms in total. The first kappa shape index (κ1) is 26.8. The summed E-state index contributed by atoms with van der Waals surface area (Å²) in [5.74, 6) is 2.60. The van der Waals surface area contributed by atoms with Gasteiger partial charge in [-0.3, -0.25) is 0 Å². The Bertz CT molecular complexity index is 2120. The average molecular weight is 605 g/mol. The second-order valence-electron chi connectivity index (χ2n) is 12.0. The molecule has 0 N–H and O–H groups in total. The van der Waals surface area contributed by atoms with Crippen molar-refractivity contribution < 1.29 is 9.39 Å². The monoisotopic (exact) mass is 604 g/mol. The van der Waals surface area contributed by atoms with Gasteiger partial charge in [0.15, 0.2) is 8.07 Å². The first-order chi connectivity index (χ1) is 22.8. The van der Waals surface area contributed by atoms with Crippen molar-refractivity contribution >= 4 is 46.7 Å². The molecule has 0 atom stereocenters. The van der Waals surface area contributed by atoms with Crippen LogP contribution in [0.15, 0.2) is 176 Å². The molecular formula is C42H29BO2Si. The Balaban J connectivity index is 1.29. The van der Waals surface area contributed by atoms with E-state index < -0.39 is 8.07 Å². The van der Waals surface area contributed by atoms with Crippen LogP contribution in [0.5, 0.6) is 17.2 Å². The van der Waals surface area contributed by atoms with E-state index >= 15 is 0 Å². The summed E-state index contributed by atoms with van der Waals surface area (Å²) < 4.78 is 13.3. The zero-order chi connectivity index (χ0) is 30.5. The lowest BCUT2D eigenvalue weighted by Crippen LogP contribution is -2.74. The van der Waals surface area contributed by atoms with Crippen molar-refractivity contribution in [1.82, 2.24) is 0 Å². The van der Waals surface area contributed by atoms with Gasteiger partial charge < -0.3 is 9.39 Å². The highest BCUT2D eigenvalue weighted by Crippen LogP contribution is 2.41. The first-order valence-corrected chi connectivity index (χ1v) is 17.8. The average Bonchev–Trinajstić information content (AvgIpc) is 3.13. The van der Waals surface area contributed by atoms with Gasteiger partial charge in [0.25, 0.3) is 0 Å². The third-order valence-corrected chi connectivity index (χ3v) is 14.3. The predicted molar refractivity (Wildman–Crippen MR) is 193 cm³/mol. The lowest BCUT2D eigenvalue weighted by Gasteiger charge is -2.35. The van der Waals surface area contributed by atoms with Gasteiger partial charge in [0.05, 0.1) is 0 Å². The predicted octanol–water partition coefficient (Wildman–Crippen LogP) is 6.00. The van der Waals surface area contributed by atoms with Crippen LogP contribution in [0.2, 0.25) is 0 Å². The maximum atomic E-state index is 6.65. The minimum Gasteiger partial charge on any atom is -0.551 e. The molecular weight excluding hydrogens is 575 g/mol. The van der Waals surface area contributed by atoms with E-state index in [-0.39, 0.29) is 6.92 Å². The standard InChI is InChI=1S/C42H29BO2Si/c1-4-16-32(17-5-1)46(33-18-6-2-7-19-33,34-20-8-3-9-21-34)35-22-14-15-30(27-35)31-28-37-36-23-10-12-25-39(36)45-43-38-24-11-13-26-40(38)44-41(29-31)42(37)43/h1-29H. The zero-order valence-electron chi connectivity index (χ0n) is 25.1. The molecule has 9 rings (SSSR count). The summed E-state index contributed by atoms with van der Waals surface area (Å²) in [5.41, 5.74) is 6.71. The van der Waals surface area contributed by atoms with Crippen molar-refractivity contribution in [3.05, 3.63) is 176 Å². The van der Waals surface area contributed by atoms with Crippen LogP contribution in [-0.2, 0) is 0 Å². The first-order valence-electron chi connectivity index (χ1n) is 15.8. The molecule has 0 unspecified atom stereocenters. The molecule has 46 heavy (non-hydrogen) atoms. The number of hydrogen-bond donors (Lipinski definition) is 0. The van der Waals surface area contributed by atoms with Gasteiger partial charge in [-0.25, -0.2) is 0 Å². The van der Waals surface area contributed by atoms with Crippen LogP contribution in [-0.4, -0.2) is 15.0 Å². The molecule has 0 bridgehead atoms. The second-order valence-corrected chi connectivity index (χ2v) is 15.8. The van der Waals surface area contributed by atoms with Gasteiger partial charge in [-0.05, 0) is 61.7 Å². The molecule has 2 aliphatic rings. The van der Waals surface area contributed by atoms with Gasteiger partial charge in [-0.15, -0.1) is 0 Å². The minimum absolute atomic E-state index is 0.209. The molecule has 0 spiro atoms. The van der Waals surface area contributed by atoms with Crippen LogP contribution in [0.1, 0.15) is 0 Å². The maximum absolute atomic E-state index is 6.65. The lowest BCUT2D eigenvalue weighted by atomic mass is 9.50. The van der Waals surface area contributed by atoms with Crippen molar-refractivity contribution in [1.29, 1.82) is 0 Å². The second kappa shape index (κ2) is 10.8. The molecule has 4 heteroatoms. The number of benzene rings is 7. The maximum Gasteiger partial charge on any atom is 0.434 e. The summed E-state index contributed by atoms with van der Waals surface area (Å²) in [6.07, 6.45) is 0. The van der Waals surface area contributed by atoms with Crippen LogP contribution < -0.4 is 41.1 Å². The highest BCUT2D eigenvalue weighted by atomic mass is 28.3. The van der Waals surface area contributed by atoms with Gasteiger partial charge in [0.2, 0.25) is 0 Å². The van der Waals surface area contributed by atoms with E-state index in [0.29, 0.717) is 0 Å². The van der Waals surface area contributed by atoms with E-state index in [0.717, 1.165) is 44.9 Å². The highest BCUT2D eigenvalue weighted by molar-refractivity contribution is 7.19. The largest absolute Gasteiger partial charge is 0.551 e. The van der Waals surface area contributed by atoms with Crippen molar-refractivity contribution in [2.24, 2.45) is 0 Å². The summed E-state index contributed by atoms with van der Waals surface area (Å²) in [4.78, 5) is 0. The molecule has 216 valence electrons. The molecule has 0 saturated heterocycles. The summed E-state index contributed by atoms with van der Waals surface area (Å²) >= 11 is 0. The van der Waals surface area contributed by atoms with E-state index in [4.69, 9.17) is 9.39 Å². The Hall–Kier alpha value is -5.58. The number of hydrogen-bond acceptors (Lipinski definition) is 2. The van der Waals surface area contributed by atoms with Gasteiger partial charge in [-0.1, -0.05) is 152 Å². The fraction of sp³-hybridized carbons (Fsp3) is 0. The Morgan fingerprint density at radius 3 is 1.63 bits per heavy atom. The van der Waals surface area contributed by atoms with E-state index in [1.54, 1.807) is 0 Å². The topological polar surface area (TPSA) is 18.5 Å². The van der Waals surface area contributed by atoms with E-state index in [1.165, 1.54) is 26.3 Å². The zero-order valence-corrected chi connectivity index (χ0v) is 26.1. The number of para-hydroxylation sites is 2. The van der Waals surface area contributed by atoms with Crippen molar-refractivity contribution in [3.8, 4) is 39.5 Å².